The third-order valence-corrected chi connectivity index (χ3v) is 1.39. The largest absolute Gasteiger partial charge is 0.383 e. The van der Waals surface area contributed by atoms with Crippen LogP contribution in [0.1, 0.15) is 26.7 Å². The lowest BCUT2D eigenvalue weighted by atomic mass is 10.1. The highest BCUT2D eigenvalue weighted by Crippen LogP contribution is 2.05. The monoisotopic (exact) mass is 155 g/mol. The summed E-state index contributed by atoms with van der Waals surface area (Å²) in [5, 5.41) is 0. The first-order chi connectivity index (χ1) is 5.07. The molecule has 0 aromatic rings. The van der Waals surface area contributed by atoms with E-state index in [4.69, 9.17) is 0 Å². The second-order valence-corrected chi connectivity index (χ2v) is 2.92. The number of carbonyl (C=O) groups is 1. The van der Waals surface area contributed by atoms with Crippen LogP contribution in [-0.4, -0.2) is 24.8 Å². The summed E-state index contributed by atoms with van der Waals surface area (Å²) in [6.07, 6.45) is 3.80. The molecule has 64 valence electrons. The summed E-state index contributed by atoms with van der Waals surface area (Å²) in [6.45, 7) is 3.69. The minimum Gasteiger partial charge on any atom is -0.383 e. The maximum Gasteiger partial charge on any atom is 0.157 e. The van der Waals surface area contributed by atoms with Crippen LogP contribution in [0.5, 0.6) is 0 Å². The van der Waals surface area contributed by atoms with Crippen LogP contribution in [0.2, 0.25) is 0 Å². The Morgan fingerprint density at radius 1 is 1.45 bits per heavy atom. The van der Waals surface area contributed by atoms with Crippen molar-refractivity contribution >= 4 is 5.78 Å². The van der Waals surface area contributed by atoms with Crippen LogP contribution >= 0.6 is 0 Å². The summed E-state index contributed by atoms with van der Waals surface area (Å²) in [5.74, 6) is 0.181. The molecule has 0 rings (SSSR count). The molecule has 0 radical (unpaired) electrons. The zero-order valence-corrected chi connectivity index (χ0v) is 7.85. The van der Waals surface area contributed by atoms with Crippen LogP contribution < -0.4 is 0 Å². The Bertz CT molecular complexity index is 159. The predicted molar refractivity (Wildman–Crippen MR) is 47.4 cm³/mol. The molecule has 0 N–H and O–H groups in total. The topological polar surface area (TPSA) is 20.3 Å². The van der Waals surface area contributed by atoms with Gasteiger partial charge in [-0.15, -0.1) is 0 Å². The van der Waals surface area contributed by atoms with Gasteiger partial charge in [0.15, 0.2) is 5.78 Å². The van der Waals surface area contributed by atoms with Gasteiger partial charge in [0.25, 0.3) is 0 Å². The van der Waals surface area contributed by atoms with E-state index in [1.54, 1.807) is 6.92 Å². The third kappa shape index (κ3) is 4.59. The molecule has 0 spiro atoms. The molecular formula is C9H17NO. The summed E-state index contributed by atoms with van der Waals surface area (Å²) in [5.41, 5.74) is 0.914. The zero-order valence-electron chi connectivity index (χ0n) is 7.85. The Morgan fingerprint density at radius 3 is 2.27 bits per heavy atom. The molecule has 0 atom stereocenters. The first-order valence-electron chi connectivity index (χ1n) is 3.96. The van der Waals surface area contributed by atoms with E-state index < -0.39 is 0 Å². The van der Waals surface area contributed by atoms with Crippen LogP contribution in [-0.2, 0) is 4.79 Å². The zero-order chi connectivity index (χ0) is 8.85. The Morgan fingerprint density at radius 2 is 2.00 bits per heavy atom. The van der Waals surface area contributed by atoms with Crippen molar-refractivity contribution in [3.63, 3.8) is 0 Å². The number of rotatable bonds is 4. The van der Waals surface area contributed by atoms with Gasteiger partial charge in [-0.2, -0.15) is 0 Å². The van der Waals surface area contributed by atoms with Crippen LogP contribution in [0.15, 0.2) is 11.8 Å². The smallest absolute Gasteiger partial charge is 0.157 e. The minimum absolute atomic E-state index is 0.181. The summed E-state index contributed by atoms with van der Waals surface area (Å²) < 4.78 is 0. The van der Waals surface area contributed by atoms with Crippen LogP contribution in [0, 0.1) is 0 Å². The molecule has 0 amide bonds. The van der Waals surface area contributed by atoms with Gasteiger partial charge in [0.2, 0.25) is 0 Å². The van der Waals surface area contributed by atoms with Gasteiger partial charge in [0.1, 0.15) is 0 Å². The molecule has 0 aliphatic carbocycles. The molecule has 0 aliphatic heterocycles. The third-order valence-electron chi connectivity index (χ3n) is 1.39. The fourth-order valence-electron chi connectivity index (χ4n) is 0.912. The van der Waals surface area contributed by atoms with Gasteiger partial charge in [-0.25, -0.2) is 0 Å². The first kappa shape index (κ1) is 10.2. The lowest BCUT2D eigenvalue weighted by Gasteiger charge is -2.08. The number of allylic oxidation sites excluding steroid dienone is 1. The van der Waals surface area contributed by atoms with Crippen molar-refractivity contribution < 1.29 is 4.79 Å². The Kier molecular flexibility index (Phi) is 4.59. The highest BCUT2D eigenvalue weighted by molar-refractivity contribution is 5.93. The maximum absolute atomic E-state index is 11.0. The Hall–Kier alpha value is -0.790. The summed E-state index contributed by atoms with van der Waals surface area (Å²) in [6, 6.07) is 0. The lowest BCUT2D eigenvalue weighted by Crippen LogP contribution is -2.06. The van der Waals surface area contributed by atoms with E-state index in [-0.39, 0.29) is 5.78 Å². The van der Waals surface area contributed by atoms with Gasteiger partial charge in [0.05, 0.1) is 0 Å². The molecule has 0 aliphatic rings. The molecule has 2 nitrogen and oxygen atoms in total. The summed E-state index contributed by atoms with van der Waals surface area (Å²) in [7, 11) is 3.86. The molecule has 11 heavy (non-hydrogen) atoms. The maximum atomic E-state index is 11.0. The van der Waals surface area contributed by atoms with Crippen molar-refractivity contribution in [2.24, 2.45) is 0 Å². The molecule has 0 saturated carbocycles. The highest BCUT2D eigenvalue weighted by Gasteiger charge is 2.01. The first-order valence-corrected chi connectivity index (χ1v) is 3.96. The fourth-order valence-corrected chi connectivity index (χ4v) is 0.912. The highest BCUT2D eigenvalue weighted by atomic mass is 16.1. The van der Waals surface area contributed by atoms with Crippen LogP contribution in [0.25, 0.3) is 0 Å². The normalized spacial score (nSPS) is 11.5. The average Bonchev–Trinajstić information content (AvgIpc) is 1.86. The SMILES string of the molecule is CCC/C(=C/N(C)C)C(C)=O. The van der Waals surface area contributed by atoms with Crippen molar-refractivity contribution in [2.75, 3.05) is 14.1 Å². The molecule has 0 aromatic heterocycles. The van der Waals surface area contributed by atoms with E-state index in [9.17, 15) is 4.79 Å². The lowest BCUT2D eigenvalue weighted by molar-refractivity contribution is -0.113. The van der Waals surface area contributed by atoms with Gasteiger partial charge in [0, 0.05) is 25.9 Å². The van der Waals surface area contributed by atoms with E-state index in [2.05, 4.69) is 6.92 Å². The van der Waals surface area contributed by atoms with E-state index in [1.807, 2.05) is 25.2 Å². The van der Waals surface area contributed by atoms with Crippen molar-refractivity contribution in [3.8, 4) is 0 Å². The predicted octanol–water partition coefficient (Wildman–Crippen LogP) is 1.82. The molecule has 0 unspecified atom stereocenters. The molecule has 2 heteroatoms. The van der Waals surface area contributed by atoms with Crippen molar-refractivity contribution in [2.45, 2.75) is 26.7 Å². The van der Waals surface area contributed by atoms with E-state index in [0.29, 0.717) is 0 Å². The standard InChI is InChI=1S/C9H17NO/c1-5-6-9(8(2)11)7-10(3)4/h7H,5-6H2,1-4H3/b9-7-. The van der Waals surface area contributed by atoms with E-state index in [1.165, 1.54) is 0 Å². The van der Waals surface area contributed by atoms with Gasteiger partial charge < -0.3 is 4.90 Å². The van der Waals surface area contributed by atoms with E-state index in [0.717, 1.165) is 18.4 Å². The molecule has 0 heterocycles. The summed E-state index contributed by atoms with van der Waals surface area (Å²) in [4.78, 5) is 12.9. The number of ketones is 1. The van der Waals surface area contributed by atoms with Gasteiger partial charge >= 0.3 is 0 Å². The number of hydrogen-bond acceptors (Lipinski definition) is 2. The second-order valence-electron chi connectivity index (χ2n) is 2.92. The molecule has 0 fully saturated rings. The Balaban J connectivity index is 4.20. The van der Waals surface area contributed by atoms with Crippen molar-refractivity contribution in [3.05, 3.63) is 11.8 Å². The molecule has 0 bridgehead atoms. The fraction of sp³-hybridized carbons (Fsp3) is 0.667. The Labute approximate surface area is 68.9 Å². The van der Waals surface area contributed by atoms with Crippen LogP contribution in [0.4, 0.5) is 0 Å². The van der Waals surface area contributed by atoms with Crippen molar-refractivity contribution in [1.29, 1.82) is 0 Å². The van der Waals surface area contributed by atoms with Gasteiger partial charge in [-0.1, -0.05) is 13.3 Å². The average molecular weight is 155 g/mol. The minimum atomic E-state index is 0.181. The molecule has 0 aromatic carbocycles. The molecule has 0 saturated heterocycles. The van der Waals surface area contributed by atoms with E-state index >= 15 is 0 Å². The number of Topliss-reactive ketones (excluding diaryl/α,β-unsaturated/α-hetero) is 1. The van der Waals surface area contributed by atoms with Gasteiger partial charge in [-0.3, -0.25) is 4.79 Å². The number of carbonyl (C=O) groups excluding carboxylic acids is 1. The quantitative estimate of drug-likeness (QED) is 0.577. The molecular weight excluding hydrogens is 138 g/mol. The van der Waals surface area contributed by atoms with Gasteiger partial charge in [-0.05, 0) is 13.3 Å². The summed E-state index contributed by atoms with van der Waals surface area (Å²) >= 11 is 0. The number of hydrogen-bond donors (Lipinski definition) is 0. The number of nitrogens with zero attached hydrogens (tertiary/aromatic N) is 1. The van der Waals surface area contributed by atoms with Crippen molar-refractivity contribution in [1.82, 2.24) is 4.90 Å². The van der Waals surface area contributed by atoms with Crippen LogP contribution in [0.3, 0.4) is 0 Å². The second kappa shape index (κ2) is 4.94.